The Morgan fingerprint density at radius 3 is 2.83 bits per heavy atom. The van der Waals surface area contributed by atoms with E-state index in [-0.39, 0.29) is 12.1 Å². The molecule has 0 amide bonds. The first-order valence-corrected chi connectivity index (χ1v) is 6.59. The minimum Gasteiger partial charge on any atom is -0.486 e. The molecule has 2 N–H and O–H groups in total. The summed E-state index contributed by atoms with van der Waals surface area (Å²) >= 11 is 6.26. The summed E-state index contributed by atoms with van der Waals surface area (Å²) in [5, 5.41) is 0.606. The normalized spacial score (nSPS) is 27.5. The van der Waals surface area contributed by atoms with E-state index in [1.54, 1.807) is 0 Å². The minimum absolute atomic E-state index is 0.147. The second kappa shape index (κ2) is 4.61. The van der Waals surface area contributed by atoms with E-state index in [9.17, 15) is 0 Å². The van der Waals surface area contributed by atoms with Crippen LogP contribution >= 0.6 is 11.6 Å². The van der Waals surface area contributed by atoms with Gasteiger partial charge in [0.15, 0.2) is 11.5 Å². The second-order valence-electron chi connectivity index (χ2n) is 4.90. The minimum atomic E-state index is 0.147. The number of benzene rings is 1. The molecule has 5 heteroatoms. The van der Waals surface area contributed by atoms with Crippen molar-refractivity contribution in [2.45, 2.75) is 18.5 Å². The van der Waals surface area contributed by atoms with E-state index in [4.69, 9.17) is 26.8 Å². The number of fused-ring (bicyclic) bond motifs is 1. The van der Waals surface area contributed by atoms with Crippen molar-refractivity contribution in [3.05, 3.63) is 22.7 Å². The third-order valence-electron chi connectivity index (χ3n) is 3.66. The first-order chi connectivity index (χ1) is 8.66. The molecule has 0 radical (unpaired) electrons. The summed E-state index contributed by atoms with van der Waals surface area (Å²) < 4.78 is 11.1. The van der Waals surface area contributed by atoms with Gasteiger partial charge in [0.05, 0.1) is 5.02 Å². The summed E-state index contributed by atoms with van der Waals surface area (Å²) in [5.41, 5.74) is 7.28. The lowest BCUT2D eigenvalue weighted by atomic mass is 10.0. The van der Waals surface area contributed by atoms with Crippen LogP contribution in [0.2, 0.25) is 5.02 Å². The van der Waals surface area contributed by atoms with Gasteiger partial charge in [-0.2, -0.15) is 0 Å². The van der Waals surface area contributed by atoms with Crippen LogP contribution < -0.4 is 15.2 Å². The number of nitrogens with two attached hydrogens (primary N) is 1. The molecule has 2 unspecified atom stereocenters. The van der Waals surface area contributed by atoms with Crippen LogP contribution in [0.1, 0.15) is 18.0 Å². The number of likely N-dealkylation sites (N-methyl/N-ethyl adjacent to an activating group) is 1. The fourth-order valence-corrected chi connectivity index (χ4v) is 3.05. The lowest BCUT2D eigenvalue weighted by molar-refractivity contribution is 0.171. The van der Waals surface area contributed by atoms with Gasteiger partial charge in [-0.25, -0.2) is 0 Å². The summed E-state index contributed by atoms with van der Waals surface area (Å²) in [6.45, 7) is 2.13. The van der Waals surface area contributed by atoms with E-state index >= 15 is 0 Å². The predicted molar refractivity (Wildman–Crippen MR) is 70.4 cm³/mol. The van der Waals surface area contributed by atoms with Gasteiger partial charge in [0, 0.05) is 18.6 Å². The third kappa shape index (κ3) is 1.94. The Hall–Kier alpha value is -0.970. The van der Waals surface area contributed by atoms with Crippen molar-refractivity contribution in [3.8, 4) is 11.5 Å². The predicted octanol–water partition coefficient (Wildman–Crippen LogP) is 1.82. The number of rotatable bonds is 1. The van der Waals surface area contributed by atoms with Crippen LogP contribution in [0.4, 0.5) is 0 Å². The molecule has 0 aromatic heterocycles. The van der Waals surface area contributed by atoms with E-state index in [1.807, 2.05) is 12.1 Å². The zero-order valence-corrected chi connectivity index (χ0v) is 11.1. The number of nitrogens with zero attached hydrogens (tertiary/aromatic N) is 1. The summed E-state index contributed by atoms with van der Waals surface area (Å²) in [4.78, 5) is 2.26. The summed E-state index contributed by atoms with van der Waals surface area (Å²) in [6, 6.07) is 4.31. The van der Waals surface area contributed by atoms with Crippen LogP contribution in [0, 0.1) is 0 Å². The topological polar surface area (TPSA) is 47.7 Å². The number of ether oxygens (including phenoxy) is 2. The maximum Gasteiger partial charge on any atom is 0.179 e. The third-order valence-corrected chi connectivity index (χ3v) is 3.94. The first-order valence-electron chi connectivity index (χ1n) is 6.21. The van der Waals surface area contributed by atoms with E-state index in [0.717, 1.165) is 24.3 Å². The highest BCUT2D eigenvalue weighted by Gasteiger charge is 2.32. The van der Waals surface area contributed by atoms with Gasteiger partial charge < -0.3 is 15.2 Å². The van der Waals surface area contributed by atoms with Gasteiger partial charge in [0.1, 0.15) is 13.2 Å². The molecule has 2 heterocycles. The van der Waals surface area contributed by atoms with Crippen LogP contribution in [0.15, 0.2) is 12.1 Å². The molecule has 0 bridgehead atoms. The average Bonchev–Trinajstić information content (AvgIpc) is 2.69. The van der Waals surface area contributed by atoms with Gasteiger partial charge >= 0.3 is 0 Å². The first kappa shape index (κ1) is 12.1. The molecule has 18 heavy (non-hydrogen) atoms. The number of likely N-dealkylation sites (tertiary alicyclic amines) is 1. The largest absolute Gasteiger partial charge is 0.486 e. The Kier molecular flexibility index (Phi) is 3.09. The fraction of sp³-hybridized carbons (Fsp3) is 0.538. The lowest BCUT2D eigenvalue weighted by Gasteiger charge is -2.26. The number of halogens is 1. The van der Waals surface area contributed by atoms with Gasteiger partial charge in [-0.3, -0.25) is 4.90 Å². The molecule has 2 atom stereocenters. The van der Waals surface area contributed by atoms with Crippen molar-refractivity contribution in [2.75, 3.05) is 26.8 Å². The van der Waals surface area contributed by atoms with Gasteiger partial charge in [0.25, 0.3) is 0 Å². The van der Waals surface area contributed by atoms with Crippen molar-refractivity contribution in [3.63, 3.8) is 0 Å². The van der Waals surface area contributed by atoms with E-state index in [2.05, 4.69) is 11.9 Å². The van der Waals surface area contributed by atoms with Crippen molar-refractivity contribution in [1.29, 1.82) is 0 Å². The van der Waals surface area contributed by atoms with Gasteiger partial charge in [0.2, 0.25) is 0 Å². The smallest absolute Gasteiger partial charge is 0.179 e. The molecule has 1 saturated heterocycles. The number of hydrogen-bond acceptors (Lipinski definition) is 4. The fourth-order valence-electron chi connectivity index (χ4n) is 2.78. The van der Waals surface area contributed by atoms with E-state index < -0.39 is 0 Å². The van der Waals surface area contributed by atoms with Crippen LogP contribution in [-0.4, -0.2) is 37.7 Å². The zero-order chi connectivity index (χ0) is 12.7. The molecule has 1 aromatic rings. The van der Waals surface area contributed by atoms with Gasteiger partial charge in [-0.15, -0.1) is 0 Å². The zero-order valence-electron chi connectivity index (χ0n) is 10.4. The molecule has 1 aromatic carbocycles. The number of hydrogen-bond donors (Lipinski definition) is 1. The monoisotopic (exact) mass is 268 g/mol. The Morgan fingerprint density at radius 2 is 2.11 bits per heavy atom. The van der Waals surface area contributed by atoms with Crippen molar-refractivity contribution < 1.29 is 9.47 Å². The van der Waals surface area contributed by atoms with Crippen LogP contribution in [0.3, 0.4) is 0 Å². The van der Waals surface area contributed by atoms with Gasteiger partial charge in [-0.05, 0) is 31.2 Å². The standard InChI is InChI=1S/C13H17ClN2O2/c1-16-3-2-10(15)12(16)8-6-9(14)13-11(7-8)17-4-5-18-13/h6-7,10,12H,2-5,15H2,1H3. The highest BCUT2D eigenvalue weighted by molar-refractivity contribution is 6.32. The van der Waals surface area contributed by atoms with E-state index in [0.29, 0.717) is 24.0 Å². The molecule has 3 rings (SSSR count). The summed E-state index contributed by atoms with van der Waals surface area (Å²) in [5.74, 6) is 1.39. The molecule has 98 valence electrons. The molecular formula is C13H17ClN2O2. The van der Waals surface area contributed by atoms with Crippen LogP contribution in [0.25, 0.3) is 0 Å². The molecule has 2 aliphatic heterocycles. The second-order valence-corrected chi connectivity index (χ2v) is 5.31. The quantitative estimate of drug-likeness (QED) is 0.844. The molecule has 0 aliphatic carbocycles. The Balaban J connectivity index is 2.00. The van der Waals surface area contributed by atoms with Crippen molar-refractivity contribution in [1.82, 2.24) is 4.90 Å². The molecular weight excluding hydrogens is 252 g/mol. The molecule has 0 spiro atoms. The molecule has 0 saturated carbocycles. The Labute approximate surface area is 112 Å². The van der Waals surface area contributed by atoms with Crippen molar-refractivity contribution in [2.24, 2.45) is 5.73 Å². The molecule has 4 nitrogen and oxygen atoms in total. The summed E-state index contributed by atoms with van der Waals surface area (Å²) in [7, 11) is 2.09. The highest BCUT2D eigenvalue weighted by atomic mass is 35.5. The Bertz CT molecular complexity index is 457. The summed E-state index contributed by atoms with van der Waals surface area (Å²) in [6.07, 6.45) is 1.01. The van der Waals surface area contributed by atoms with E-state index in [1.165, 1.54) is 0 Å². The van der Waals surface area contributed by atoms with Crippen LogP contribution in [-0.2, 0) is 0 Å². The highest BCUT2D eigenvalue weighted by Crippen LogP contribution is 2.42. The van der Waals surface area contributed by atoms with Crippen LogP contribution in [0.5, 0.6) is 11.5 Å². The average molecular weight is 269 g/mol. The molecule has 2 aliphatic rings. The lowest BCUT2D eigenvalue weighted by Crippen LogP contribution is -2.29. The molecule has 1 fully saturated rings. The SMILES string of the molecule is CN1CCC(N)C1c1cc(Cl)c2c(c1)OCCO2. The maximum atomic E-state index is 6.26. The Morgan fingerprint density at radius 1 is 1.33 bits per heavy atom. The van der Waals surface area contributed by atoms with Gasteiger partial charge in [-0.1, -0.05) is 11.6 Å². The van der Waals surface area contributed by atoms with Crippen molar-refractivity contribution >= 4 is 11.6 Å². The maximum absolute atomic E-state index is 6.26.